The van der Waals surface area contributed by atoms with Gasteiger partial charge < -0.3 is 9.52 Å². The van der Waals surface area contributed by atoms with Crippen molar-refractivity contribution in [1.29, 1.82) is 0 Å². The van der Waals surface area contributed by atoms with Crippen LogP contribution in [0.1, 0.15) is 47.1 Å². The first-order chi connectivity index (χ1) is 6.18. The average Bonchev–Trinajstić information content (AvgIpc) is 2.27. The molecule has 1 aliphatic carbocycles. The molecule has 0 spiro atoms. The van der Waals surface area contributed by atoms with Gasteiger partial charge >= 0.3 is 5.97 Å². The van der Waals surface area contributed by atoms with Gasteiger partial charge in [0.05, 0.1) is 0 Å². The smallest absolute Gasteiger partial charge is 0.339 e. The van der Waals surface area contributed by atoms with E-state index in [0.717, 1.165) is 18.6 Å². The SMILES string of the molecule is Cc1oc(C2CCC2)cc1C(=O)O. The first-order valence-electron chi connectivity index (χ1n) is 4.52. The molecule has 0 radical (unpaired) electrons. The zero-order chi connectivity index (χ0) is 9.42. The fourth-order valence-corrected chi connectivity index (χ4v) is 1.61. The van der Waals surface area contributed by atoms with Crippen molar-refractivity contribution in [3.05, 3.63) is 23.2 Å². The summed E-state index contributed by atoms with van der Waals surface area (Å²) in [5.41, 5.74) is 0.307. The second-order valence-electron chi connectivity index (χ2n) is 3.55. The number of carboxylic acids is 1. The van der Waals surface area contributed by atoms with Crippen LogP contribution in [0.5, 0.6) is 0 Å². The van der Waals surface area contributed by atoms with Crippen LogP contribution >= 0.6 is 0 Å². The number of rotatable bonds is 2. The van der Waals surface area contributed by atoms with E-state index < -0.39 is 5.97 Å². The van der Waals surface area contributed by atoms with Gasteiger partial charge in [-0.1, -0.05) is 6.42 Å². The number of furan rings is 1. The van der Waals surface area contributed by atoms with Gasteiger partial charge in [-0.3, -0.25) is 0 Å². The fourth-order valence-electron chi connectivity index (χ4n) is 1.61. The van der Waals surface area contributed by atoms with Crippen molar-refractivity contribution in [2.75, 3.05) is 0 Å². The first kappa shape index (κ1) is 8.35. The highest BCUT2D eigenvalue weighted by atomic mass is 16.4. The third kappa shape index (κ3) is 1.34. The normalized spacial score (nSPS) is 17.0. The molecule has 0 aromatic carbocycles. The molecule has 1 heterocycles. The van der Waals surface area contributed by atoms with E-state index in [1.54, 1.807) is 13.0 Å². The van der Waals surface area contributed by atoms with Crippen molar-refractivity contribution in [3.8, 4) is 0 Å². The summed E-state index contributed by atoms with van der Waals surface area (Å²) in [7, 11) is 0. The van der Waals surface area contributed by atoms with Crippen molar-refractivity contribution in [2.45, 2.75) is 32.1 Å². The van der Waals surface area contributed by atoms with Crippen LogP contribution in [0.25, 0.3) is 0 Å². The third-order valence-corrected chi connectivity index (χ3v) is 2.67. The number of carboxylic acid groups (broad SMARTS) is 1. The van der Waals surface area contributed by atoms with E-state index >= 15 is 0 Å². The van der Waals surface area contributed by atoms with Crippen LogP contribution < -0.4 is 0 Å². The molecule has 13 heavy (non-hydrogen) atoms. The molecule has 2 rings (SSSR count). The Labute approximate surface area is 76.4 Å². The number of hydrogen-bond acceptors (Lipinski definition) is 2. The maximum atomic E-state index is 10.7. The van der Waals surface area contributed by atoms with Crippen LogP contribution in [-0.4, -0.2) is 11.1 Å². The molecule has 0 saturated heterocycles. The zero-order valence-corrected chi connectivity index (χ0v) is 7.54. The summed E-state index contributed by atoms with van der Waals surface area (Å²) in [6, 6.07) is 1.67. The van der Waals surface area contributed by atoms with Crippen LogP contribution in [-0.2, 0) is 0 Å². The van der Waals surface area contributed by atoms with E-state index in [9.17, 15) is 4.79 Å². The molecule has 0 amide bonds. The Balaban J connectivity index is 2.28. The highest BCUT2D eigenvalue weighted by Crippen LogP contribution is 2.37. The van der Waals surface area contributed by atoms with Gasteiger partial charge in [0.15, 0.2) is 0 Å². The Morgan fingerprint density at radius 3 is 2.69 bits per heavy atom. The minimum absolute atomic E-state index is 0.307. The Kier molecular flexibility index (Phi) is 1.87. The van der Waals surface area contributed by atoms with E-state index in [4.69, 9.17) is 9.52 Å². The topological polar surface area (TPSA) is 50.4 Å². The average molecular weight is 180 g/mol. The largest absolute Gasteiger partial charge is 0.478 e. The van der Waals surface area contributed by atoms with Gasteiger partial charge in [-0.05, 0) is 25.8 Å². The highest BCUT2D eigenvalue weighted by molar-refractivity contribution is 5.88. The lowest BCUT2D eigenvalue weighted by Crippen LogP contribution is -2.07. The molecule has 0 unspecified atom stereocenters. The van der Waals surface area contributed by atoms with Crippen LogP contribution in [0, 0.1) is 6.92 Å². The Hall–Kier alpha value is -1.25. The molecule has 70 valence electrons. The van der Waals surface area contributed by atoms with Crippen molar-refractivity contribution in [3.63, 3.8) is 0 Å². The van der Waals surface area contributed by atoms with Crippen LogP contribution in [0.15, 0.2) is 10.5 Å². The summed E-state index contributed by atoms with van der Waals surface area (Å²) < 4.78 is 5.40. The fraction of sp³-hybridized carbons (Fsp3) is 0.500. The number of hydrogen-bond donors (Lipinski definition) is 1. The molecule has 0 aliphatic heterocycles. The standard InChI is InChI=1S/C10H12O3/c1-6-8(10(11)12)5-9(13-6)7-3-2-4-7/h5,7H,2-4H2,1H3,(H,11,12). The summed E-state index contributed by atoms with van der Waals surface area (Å²) in [6.07, 6.45) is 3.49. The van der Waals surface area contributed by atoms with E-state index in [1.807, 2.05) is 0 Å². The summed E-state index contributed by atoms with van der Waals surface area (Å²) >= 11 is 0. The summed E-state index contributed by atoms with van der Waals surface area (Å²) in [4.78, 5) is 10.7. The van der Waals surface area contributed by atoms with Gasteiger partial charge in [0.2, 0.25) is 0 Å². The molecule has 0 atom stereocenters. The molecule has 1 aliphatic rings. The molecular formula is C10H12O3. The molecule has 3 heteroatoms. The Morgan fingerprint density at radius 2 is 2.31 bits per heavy atom. The molecule has 1 saturated carbocycles. The molecule has 3 nitrogen and oxygen atoms in total. The second kappa shape index (κ2) is 2.91. The lowest BCUT2D eigenvalue weighted by molar-refractivity contribution is 0.0695. The predicted molar refractivity (Wildman–Crippen MR) is 47.0 cm³/mol. The molecule has 1 aromatic heterocycles. The Bertz CT molecular complexity index is 334. The molecule has 1 aromatic rings. The highest BCUT2D eigenvalue weighted by Gasteiger charge is 2.25. The zero-order valence-electron chi connectivity index (χ0n) is 7.54. The first-order valence-corrected chi connectivity index (χ1v) is 4.52. The molecule has 1 fully saturated rings. The summed E-state index contributed by atoms with van der Waals surface area (Å²) in [5.74, 6) is 0.939. The Morgan fingerprint density at radius 1 is 1.62 bits per heavy atom. The van der Waals surface area contributed by atoms with Crippen molar-refractivity contribution < 1.29 is 14.3 Å². The monoisotopic (exact) mass is 180 g/mol. The number of carbonyl (C=O) groups is 1. The van der Waals surface area contributed by atoms with E-state index in [-0.39, 0.29) is 0 Å². The van der Waals surface area contributed by atoms with Gasteiger partial charge in [-0.25, -0.2) is 4.79 Å². The summed E-state index contributed by atoms with van der Waals surface area (Å²) in [5, 5.41) is 8.79. The minimum Gasteiger partial charge on any atom is -0.478 e. The van der Waals surface area contributed by atoms with Crippen LogP contribution in [0.4, 0.5) is 0 Å². The maximum Gasteiger partial charge on any atom is 0.339 e. The van der Waals surface area contributed by atoms with Gasteiger partial charge in [0.1, 0.15) is 17.1 Å². The van der Waals surface area contributed by atoms with Gasteiger partial charge in [-0.15, -0.1) is 0 Å². The van der Waals surface area contributed by atoms with E-state index in [0.29, 0.717) is 17.2 Å². The second-order valence-corrected chi connectivity index (χ2v) is 3.55. The molecule has 1 N–H and O–H groups in total. The lowest BCUT2D eigenvalue weighted by atomic mass is 9.83. The molecular weight excluding hydrogens is 168 g/mol. The number of aromatic carboxylic acids is 1. The van der Waals surface area contributed by atoms with Crippen molar-refractivity contribution in [2.24, 2.45) is 0 Å². The third-order valence-electron chi connectivity index (χ3n) is 2.67. The van der Waals surface area contributed by atoms with Crippen LogP contribution in [0.2, 0.25) is 0 Å². The summed E-state index contributed by atoms with van der Waals surface area (Å²) in [6.45, 7) is 1.70. The molecule has 0 bridgehead atoms. The van der Waals surface area contributed by atoms with Crippen LogP contribution in [0.3, 0.4) is 0 Å². The van der Waals surface area contributed by atoms with Gasteiger partial charge in [-0.2, -0.15) is 0 Å². The maximum absolute atomic E-state index is 10.7. The van der Waals surface area contributed by atoms with Gasteiger partial charge in [0, 0.05) is 5.92 Å². The van der Waals surface area contributed by atoms with Crippen molar-refractivity contribution in [1.82, 2.24) is 0 Å². The quantitative estimate of drug-likeness (QED) is 0.760. The lowest BCUT2D eigenvalue weighted by Gasteiger charge is -2.22. The minimum atomic E-state index is -0.896. The van der Waals surface area contributed by atoms with E-state index in [2.05, 4.69) is 0 Å². The van der Waals surface area contributed by atoms with Crippen molar-refractivity contribution >= 4 is 5.97 Å². The number of aryl methyl sites for hydroxylation is 1. The predicted octanol–water partition coefficient (Wildman–Crippen LogP) is 2.55. The van der Waals surface area contributed by atoms with Gasteiger partial charge in [0.25, 0.3) is 0 Å². The van der Waals surface area contributed by atoms with E-state index in [1.165, 1.54) is 6.42 Å².